The fraction of sp³-hybridized carbons (Fsp3) is 0.333. The van der Waals surface area contributed by atoms with E-state index in [1.165, 1.54) is 4.31 Å². The lowest BCUT2D eigenvalue weighted by Crippen LogP contribution is -2.34. The highest BCUT2D eigenvalue weighted by atomic mass is 127. The summed E-state index contributed by atoms with van der Waals surface area (Å²) in [6, 6.07) is 14.6. The van der Waals surface area contributed by atoms with Crippen LogP contribution in [0.5, 0.6) is 0 Å². The number of sulfonamides is 1. The zero-order chi connectivity index (χ0) is 21.4. The minimum absolute atomic E-state index is 0.0812. The minimum atomic E-state index is -3.75. The number of aryl methyl sites for hydroxylation is 2. The summed E-state index contributed by atoms with van der Waals surface area (Å²) in [5.74, 6) is 0. The molecule has 154 valence electrons. The summed E-state index contributed by atoms with van der Waals surface area (Å²) in [6.45, 7) is 5.57. The van der Waals surface area contributed by atoms with Crippen molar-refractivity contribution in [2.75, 3.05) is 19.6 Å². The normalized spacial score (nSPS) is 21.9. The van der Waals surface area contributed by atoms with E-state index in [0.717, 1.165) is 25.8 Å². The summed E-state index contributed by atoms with van der Waals surface area (Å²) in [5, 5.41) is 11.4. The highest BCUT2D eigenvalue weighted by Crippen LogP contribution is 2.44. The summed E-state index contributed by atoms with van der Waals surface area (Å²) < 4.78 is 28.7. The van der Waals surface area contributed by atoms with Crippen molar-refractivity contribution in [3.63, 3.8) is 0 Å². The van der Waals surface area contributed by atoms with Crippen LogP contribution in [0, 0.1) is 29.4 Å². The standard InChI is InChI=1S/C21H23IN2O4S/c1-15-7-9-18(10-8-15)29(27,28)23-12-19(21(3,13-23)14-24(25)26)20(22)17-6-4-5-16(2)11-17/h4-11H,12-14H2,1-3H3/b20-19+/t21-/m1/s1. The Morgan fingerprint density at radius 2 is 1.83 bits per heavy atom. The molecule has 0 N–H and O–H groups in total. The average molecular weight is 526 g/mol. The van der Waals surface area contributed by atoms with Gasteiger partial charge in [0.15, 0.2) is 0 Å². The molecule has 0 amide bonds. The molecule has 1 aliphatic heterocycles. The predicted octanol–water partition coefficient (Wildman–Crippen LogP) is 4.44. The van der Waals surface area contributed by atoms with Crippen LogP contribution in [0.3, 0.4) is 0 Å². The molecule has 1 atom stereocenters. The third-order valence-corrected chi connectivity index (χ3v) is 8.34. The van der Waals surface area contributed by atoms with Crippen LogP contribution in [0.25, 0.3) is 3.58 Å². The van der Waals surface area contributed by atoms with E-state index in [-0.39, 0.29) is 29.5 Å². The molecule has 0 aromatic heterocycles. The molecule has 8 heteroatoms. The van der Waals surface area contributed by atoms with Crippen molar-refractivity contribution < 1.29 is 13.3 Å². The Labute approximate surface area is 185 Å². The van der Waals surface area contributed by atoms with E-state index in [0.29, 0.717) is 0 Å². The van der Waals surface area contributed by atoms with Gasteiger partial charge < -0.3 is 0 Å². The van der Waals surface area contributed by atoms with Gasteiger partial charge in [0, 0.05) is 21.6 Å². The van der Waals surface area contributed by atoms with Crippen LogP contribution in [0.4, 0.5) is 0 Å². The largest absolute Gasteiger partial charge is 0.265 e. The van der Waals surface area contributed by atoms with Crippen molar-refractivity contribution >= 4 is 36.2 Å². The highest BCUT2D eigenvalue weighted by molar-refractivity contribution is 14.1. The van der Waals surface area contributed by atoms with Gasteiger partial charge in [-0.15, -0.1) is 0 Å². The molecule has 1 saturated heterocycles. The fourth-order valence-electron chi connectivity index (χ4n) is 3.66. The third kappa shape index (κ3) is 4.54. The van der Waals surface area contributed by atoms with Crippen molar-refractivity contribution in [2.24, 2.45) is 5.41 Å². The molecular weight excluding hydrogens is 503 g/mol. The first-order valence-electron chi connectivity index (χ1n) is 9.18. The molecule has 0 bridgehead atoms. The summed E-state index contributed by atoms with van der Waals surface area (Å²) in [4.78, 5) is 11.2. The molecule has 2 aromatic carbocycles. The van der Waals surface area contributed by atoms with E-state index in [1.54, 1.807) is 31.2 Å². The Balaban J connectivity index is 2.07. The number of hydrogen-bond acceptors (Lipinski definition) is 4. The molecule has 6 nitrogen and oxygen atoms in total. The van der Waals surface area contributed by atoms with Gasteiger partial charge in [0.05, 0.1) is 10.3 Å². The van der Waals surface area contributed by atoms with Crippen LogP contribution in [0.2, 0.25) is 0 Å². The van der Waals surface area contributed by atoms with E-state index in [2.05, 4.69) is 22.6 Å². The van der Waals surface area contributed by atoms with E-state index in [4.69, 9.17) is 0 Å². The topological polar surface area (TPSA) is 80.5 Å². The monoisotopic (exact) mass is 526 g/mol. The van der Waals surface area contributed by atoms with Crippen LogP contribution in [0.1, 0.15) is 23.6 Å². The summed E-state index contributed by atoms with van der Waals surface area (Å²) in [7, 11) is -3.75. The quantitative estimate of drug-likeness (QED) is 0.328. The average Bonchev–Trinajstić information content (AvgIpc) is 2.98. The molecule has 29 heavy (non-hydrogen) atoms. The molecule has 1 aliphatic rings. The fourth-order valence-corrected chi connectivity index (χ4v) is 6.35. The van der Waals surface area contributed by atoms with Gasteiger partial charge in [-0.05, 0) is 66.6 Å². The van der Waals surface area contributed by atoms with Crippen molar-refractivity contribution in [3.8, 4) is 0 Å². The van der Waals surface area contributed by atoms with E-state index in [9.17, 15) is 18.5 Å². The van der Waals surface area contributed by atoms with E-state index >= 15 is 0 Å². The van der Waals surface area contributed by atoms with Gasteiger partial charge in [0.2, 0.25) is 16.6 Å². The molecule has 1 heterocycles. The minimum Gasteiger partial charge on any atom is -0.265 e. The molecule has 0 unspecified atom stereocenters. The lowest BCUT2D eigenvalue weighted by molar-refractivity contribution is -0.493. The zero-order valence-electron chi connectivity index (χ0n) is 16.6. The number of benzene rings is 2. The van der Waals surface area contributed by atoms with Crippen LogP contribution in [-0.4, -0.2) is 37.3 Å². The molecule has 1 fully saturated rings. The van der Waals surface area contributed by atoms with Crippen LogP contribution < -0.4 is 0 Å². The van der Waals surface area contributed by atoms with Crippen molar-refractivity contribution in [2.45, 2.75) is 25.7 Å². The number of nitro groups is 1. The zero-order valence-corrected chi connectivity index (χ0v) is 19.5. The van der Waals surface area contributed by atoms with Gasteiger partial charge in [-0.2, -0.15) is 4.31 Å². The van der Waals surface area contributed by atoms with Gasteiger partial charge in [0.1, 0.15) is 0 Å². The van der Waals surface area contributed by atoms with Gasteiger partial charge in [0.25, 0.3) is 0 Å². The Hall–Kier alpha value is -1.78. The molecular formula is C21H23IN2O4S. The smallest absolute Gasteiger partial charge is 0.243 e. The summed E-state index contributed by atoms with van der Waals surface area (Å²) in [6.07, 6.45) is 0. The van der Waals surface area contributed by atoms with Crippen molar-refractivity contribution in [3.05, 3.63) is 80.9 Å². The number of halogens is 1. The second kappa shape index (κ2) is 8.16. The highest BCUT2D eigenvalue weighted by Gasteiger charge is 2.48. The molecule has 0 saturated carbocycles. The maximum Gasteiger partial charge on any atom is 0.243 e. The van der Waals surface area contributed by atoms with Crippen molar-refractivity contribution in [1.29, 1.82) is 0 Å². The third-order valence-electron chi connectivity index (χ3n) is 5.26. The van der Waals surface area contributed by atoms with Gasteiger partial charge in [-0.1, -0.05) is 47.5 Å². The first-order chi connectivity index (χ1) is 13.5. The van der Waals surface area contributed by atoms with Crippen LogP contribution in [0.15, 0.2) is 59.0 Å². The Bertz CT molecular complexity index is 1080. The Kier molecular flexibility index (Phi) is 6.16. The molecule has 3 rings (SSSR count). The number of nitrogens with zero attached hydrogens (tertiary/aromatic N) is 2. The molecule has 0 spiro atoms. The van der Waals surface area contributed by atoms with Gasteiger partial charge >= 0.3 is 0 Å². The second-order valence-corrected chi connectivity index (χ2v) is 10.8. The maximum atomic E-state index is 13.2. The SMILES string of the molecule is Cc1ccc(S(=O)(=O)N2C/C(=C(\I)c3cccc(C)c3)[C@@](C)(C[N+](=O)[O-])C2)cc1. The first-order valence-corrected chi connectivity index (χ1v) is 11.7. The van der Waals surface area contributed by atoms with Crippen LogP contribution >= 0.6 is 22.6 Å². The van der Waals surface area contributed by atoms with E-state index in [1.807, 2.05) is 38.1 Å². The molecule has 2 aromatic rings. The predicted molar refractivity (Wildman–Crippen MR) is 122 cm³/mol. The van der Waals surface area contributed by atoms with E-state index < -0.39 is 15.4 Å². The van der Waals surface area contributed by atoms with Gasteiger partial charge in [-0.25, -0.2) is 8.42 Å². The second-order valence-electron chi connectivity index (χ2n) is 7.80. The van der Waals surface area contributed by atoms with Crippen molar-refractivity contribution in [1.82, 2.24) is 4.31 Å². The lowest BCUT2D eigenvalue weighted by atomic mass is 9.84. The number of rotatable bonds is 5. The first kappa shape index (κ1) is 21.9. The summed E-state index contributed by atoms with van der Waals surface area (Å²) >= 11 is 2.19. The lowest BCUT2D eigenvalue weighted by Gasteiger charge is -2.22. The number of hydrogen-bond donors (Lipinski definition) is 0. The Morgan fingerprint density at radius 1 is 1.17 bits per heavy atom. The summed E-state index contributed by atoms with van der Waals surface area (Å²) in [5.41, 5.74) is 2.91. The van der Waals surface area contributed by atoms with Crippen LogP contribution in [-0.2, 0) is 10.0 Å². The molecule has 0 aliphatic carbocycles. The maximum absolute atomic E-state index is 13.2. The Morgan fingerprint density at radius 3 is 2.41 bits per heavy atom. The van der Waals surface area contributed by atoms with Gasteiger partial charge in [-0.3, -0.25) is 10.1 Å². The molecule has 0 radical (unpaired) electrons.